The maximum Gasteiger partial charge on any atom is 0.157 e. The van der Waals surface area contributed by atoms with Crippen molar-refractivity contribution in [1.82, 2.24) is 0 Å². The summed E-state index contributed by atoms with van der Waals surface area (Å²) in [5.74, 6) is 0. The third kappa shape index (κ3) is 11.5. The number of benzene rings is 2. The first kappa shape index (κ1) is 33.2. The van der Waals surface area contributed by atoms with E-state index in [1.165, 1.54) is 35.5 Å². The van der Waals surface area contributed by atoms with E-state index in [4.69, 9.17) is 58.3 Å². The predicted octanol–water partition coefficient (Wildman–Crippen LogP) is 3.54. The molecule has 0 spiro atoms. The Labute approximate surface area is 229 Å². The summed E-state index contributed by atoms with van der Waals surface area (Å²) in [7, 11) is 6.80. The largest absolute Gasteiger partial charge is 0.374 e. The van der Waals surface area contributed by atoms with Crippen LogP contribution in [-0.2, 0) is 71.6 Å². The van der Waals surface area contributed by atoms with Gasteiger partial charge in [0.15, 0.2) is 18.3 Å². The molecule has 0 saturated heterocycles. The molecular weight excluding hydrogens is 516 g/mol. The second-order valence-corrected chi connectivity index (χ2v) is 8.21. The Morgan fingerprint density at radius 2 is 0.974 bits per heavy atom. The summed E-state index contributed by atoms with van der Waals surface area (Å²) in [6, 6.07) is 19.3. The molecule has 220 valence electrons. The van der Waals surface area contributed by atoms with E-state index in [1.807, 2.05) is 60.7 Å². The lowest BCUT2D eigenvalue weighted by atomic mass is 9.96. The molecule has 0 fully saturated rings. The van der Waals surface area contributed by atoms with Crippen LogP contribution in [0.25, 0.3) is 0 Å². The van der Waals surface area contributed by atoms with Crippen LogP contribution in [0.4, 0.5) is 0 Å². The first-order chi connectivity index (χ1) is 19.1. The molecule has 0 aliphatic rings. The van der Waals surface area contributed by atoms with Crippen molar-refractivity contribution >= 4 is 0 Å². The molecule has 0 radical (unpaired) electrons. The van der Waals surface area contributed by atoms with E-state index in [-0.39, 0.29) is 13.2 Å². The SMILES string of the molecule is COOC(C)[C@H](OOC)[C@@H](OOC)[C@@H](OOC)[C@H](OCc1ccccc1)[C@@H](COCc1ccccc1)OOC. The summed E-state index contributed by atoms with van der Waals surface area (Å²) >= 11 is 0. The van der Waals surface area contributed by atoms with Gasteiger partial charge in [0.2, 0.25) is 0 Å². The smallest absolute Gasteiger partial charge is 0.157 e. The minimum absolute atomic E-state index is 0.0609. The zero-order valence-electron chi connectivity index (χ0n) is 23.3. The van der Waals surface area contributed by atoms with Crippen molar-refractivity contribution < 1.29 is 58.3 Å². The number of rotatable bonds is 22. The molecule has 0 aliphatic heterocycles. The van der Waals surface area contributed by atoms with Crippen molar-refractivity contribution in [3.05, 3.63) is 71.8 Å². The fourth-order valence-corrected chi connectivity index (χ4v) is 3.88. The molecule has 0 N–H and O–H groups in total. The van der Waals surface area contributed by atoms with Gasteiger partial charge in [0.1, 0.15) is 18.3 Å². The second-order valence-electron chi connectivity index (χ2n) is 8.21. The average molecular weight is 557 g/mol. The van der Waals surface area contributed by atoms with Gasteiger partial charge in [-0.25, -0.2) is 48.9 Å². The van der Waals surface area contributed by atoms with Crippen molar-refractivity contribution in [2.75, 3.05) is 42.2 Å². The second kappa shape index (κ2) is 19.9. The van der Waals surface area contributed by atoms with Gasteiger partial charge in [0.25, 0.3) is 0 Å². The fourth-order valence-electron chi connectivity index (χ4n) is 3.88. The molecule has 0 aliphatic carbocycles. The Balaban J connectivity index is 2.40. The molecule has 2 aromatic carbocycles. The van der Waals surface area contributed by atoms with Crippen LogP contribution in [0.15, 0.2) is 60.7 Å². The summed E-state index contributed by atoms with van der Waals surface area (Å²) in [5.41, 5.74) is 1.89. The minimum atomic E-state index is -1.06. The van der Waals surface area contributed by atoms with Crippen LogP contribution in [0, 0.1) is 0 Å². The minimum Gasteiger partial charge on any atom is -0.374 e. The number of hydrogen-bond acceptors (Lipinski definition) is 12. The van der Waals surface area contributed by atoms with Gasteiger partial charge >= 0.3 is 0 Å². The van der Waals surface area contributed by atoms with E-state index in [1.54, 1.807) is 6.92 Å². The van der Waals surface area contributed by atoms with Crippen molar-refractivity contribution in [1.29, 1.82) is 0 Å². The van der Waals surface area contributed by atoms with Gasteiger partial charge in [-0.2, -0.15) is 0 Å². The van der Waals surface area contributed by atoms with Gasteiger partial charge < -0.3 is 9.47 Å². The zero-order chi connectivity index (χ0) is 28.3. The Bertz CT molecular complexity index is 843. The van der Waals surface area contributed by atoms with Gasteiger partial charge in [-0.3, -0.25) is 0 Å². The number of hydrogen-bond donors (Lipinski definition) is 0. The normalized spacial score (nSPS) is 16.4. The van der Waals surface area contributed by atoms with Crippen molar-refractivity contribution in [2.24, 2.45) is 0 Å². The summed E-state index contributed by atoms with van der Waals surface area (Å²) in [6.07, 6.45) is -5.53. The first-order valence-electron chi connectivity index (χ1n) is 12.3. The van der Waals surface area contributed by atoms with Crippen LogP contribution in [0.3, 0.4) is 0 Å². The van der Waals surface area contributed by atoms with Crippen molar-refractivity contribution in [3.8, 4) is 0 Å². The summed E-state index contributed by atoms with van der Waals surface area (Å²) in [6.45, 7) is 2.27. The standard InChI is InChI=1S/C27H40O12/c1-20(35-28-2)24(37-30-4)26(38-31-5)27(39-32-6)25(34-18-22-15-11-8-12-16-22)23(36-29-3)19-33-17-21-13-9-7-10-14-21/h7-16,20,23-27H,17-19H2,1-6H3/t20?,23-,24+,25-,26-,27+/m1/s1. The van der Waals surface area contributed by atoms with E-state index in [0.29, 0.717) is 6.61 Å². The van der Waals surface area contributed by atoms with Crippen molar-refractivity contribution in [2.45, 2.75) is 56.8 Å². The van der Waals surface area contributed by atoms with E-state index >= 15 is 0 Å². The molecule has 12 nitrogen and oxygen atoms in total. The number of ether oxygens (including phenoxy) is 2. The Morgan fingerprint density at radius 1 is 0.513 bits per heavy atom. The van der Waals surface area contributed by atoms with Crippen molar-refractivity contribution in [3.63, 3.8) is 0 Å². The van der Waals surface area contributed by atoms with Gasteiger partial charge in [-0.1, -0.05) is 60.7 Å². The van der Waals surface area contributed by atoms with Crippen LogP contribution < -0.4 is 0 Å². The molecule has 39 heavy (non-hydrogen) atoms. The van der Waals surface area contributed by atoms with Crippen LogP contribution >= 0.6 is 0 Å². The summed E-state index contributed by atoms with van der Waals surface area (Å²) < 4.78 is 12.3. The Kier molecular flexibility index (Phi) is 16.9. The van der Waals surface area contributed by atoms with E-state index in [2.05, 4.69) is 0 Å². The third-order valence-electron chi connectivity index (χ3n) is 5.57. The molecule has 6 atom stereocenters. The Morgan fingerprint density at radius 3 is 1.49 bits per heavy atom. The van der Waals surface area contributed by atoms with Crippen LogP contribution in [0.5, 0.6) is 0 Å². The first-order valence-corrected chi connectivity index (χ1v) is 12.3. The topological polar surface area (TPSA) is 111 Å². The highest BCUT2D eigenvalue weighted by molar-refractivity contribution is 5.14. The van der Waals surface area contributed by atoms with Gasteiger partial charge in [-0.15, -0.1) is 0 Å². The predicted molar refractivity (Wildman–Crippen MR) is 136 cm³/mol. The molecule has 0 bridgehead atoms. The lowest BCUT2D eigenvalue weighted by Gasteiger charge is -2.37. The monoisotopic (exact) mass is 556 g/mol. The fraction of sp³-hybridized carbons (Fsp3) is 0.556. The maximum absolute atomic E-state index is 6.36. The highest BCUT2D eigenvalue weighted by Crippen LogP contribution is 2.26. The van der Waals surface area contributed by atoms with Gasteiger partial charge in [-0.05, 0) is 18.1 Å². The highest BCUT2D eigenvalue weighted by atomic mass is 17.2. The van der Waals surface area contributed by atoms with Crippen LogP contribution in [-0.4, -0.2) is 78.8 Å². The molecule has 0 heterocycles. The lowest BCUT2D eigenvalue weighted by Crippen LogP contribution is -2.57. The Hall–Kier alpha value is -2.04. The zero-order valence-corrected chi connectivity index (χ0v) is 23.3. The quantitative estimate of drug-likeness (QED) is 0.156. The average Bonchev–Trinajstić information content (AvgIpc) is 2.95. The lowest BCUT2D eigenvalue weighted by molar-refractivity contribution is -0.448. The van der Waals surface area contributed by atoms with Gasteiger partial charge in [0, 0.05) is 0 Å². The molecule has 2 rings (SSSR count). The molecule has 0 amide bonds. The molecule has 1 unspecified atom stereocenters. The van der Waals surface area contributed by atoms with Crippen LogP contribution in [0.2, 0.25) is 0 Å². The molecule has 0 aromatic heterocycles. The van der Waals surface area contributed by atoms with Crippen LogP contribution in [0.1, 0.15) is 18.1 Å². The maximum atomic E-state index is 6.36. The molecule has 0 saturated carbocycles. The molecule has 2 aromatic rings. The highest BCUT2D eigenvalue weighted by Gasteiger charge is 2.47. The van der Waals surface area contributed by atoms with E-state index in [0.717, 1.165) is 11.1 Å². The summed E-state index contributed by atoms with van der Waals surface area (Å²) in [4.78, 5) is 52.8. The van der Waals surface area contributed by atoms with E-state index < -0.39 is 36.6 Å². The molecule has 12 heteroatoms. The summed E-state index contributed by atoms with van der Waals surface area (Å²) in [5, 5.41) is 0. The third-order valence-corrected chi connectivity index (χ3v) is 5.57. The molecular formula is C27H40O12. The van der Waals surface area contributed by atoms with E-state index in [9.17, 15) is 0 Å². The van der Waals surface area contributed by atoms with Gasteiger partial charge in [0.05, 0.1) is 55.4 Å².